The number of fused-ring (bicyclic) bond motifs is 3. The molecule has 0 atom stereocenters. The molecule has 3 heteroatoms. The second-order valence-electron chi connectivity index (χ2n) is 7.40. The van der Waals surface area contributed by atoms with Crippen molar-refractivity contribution >= 4 is 19.4 Å². The van der Waals surface area contributed by atoms with Crippen LogP contribution in [0.15, 0.2) is 36.4 Å². The van der Waals surface area contributed by atoms with Crippen LogP contribution in [-0.4, -0.2) is 22.2 Å². The molecule has 0 aliphatic heterocycles. The van der Waals surface area contributed by atoms with Gasteiger partial charge in [-0.15, -0.1) is 0 Å². The molecule has 116 valence electrons. The summed E-state index contributed by atoms with van der Waals surface area (Å²) in [4.78, 5) is 0. The van der Waals surface area contributed by atoms with Gasteiger partial charge in [-0.2, -0.15) is 0 Å². The van der Waals surface area contributed by atoms with Gasteiger partial charge in [0.15, 0.2) is 0 Å². The molecule has 1 aliphatic rings. The highest BCUT2D eigenvalue weighted by atomic mass is 28.3. The molecule has 0 fully saturated rings. The standard InChI is InChI=1S/C19H26N2Si/c1-19(22(4,5)6)17-11-13(20-2)7-9-15(17)16-10-8-14(21-3)12-18(16)19/h7-12,20-21H,1-6H3. The highest BCUT2D eigenvalue weighted by molar-refractivity contribution is 6.80. The molecule has 3 rings (SSSR count). The van der Waals surface area contributed by atoms with E-state index in [1.54, 1.807) is 0 Å². The van der Waals surface area contributed by atoms with E-state index >= 15 is 0 Å². The lowest BCUT2D eigenvalue weighted by molar-refractivity contribution is 0.800. The van der Waals surface area contributed by atoms with Gasteiger partial charge in [-0.05, 0) is 46.5 Å². The summed E-state index contributed by atoms with van der Waals surface area (Å²) in [5.41, 5.74) is 8.18. The van der Waals surface area contributed by atoms with E-state index in [0.29, 0.717) is 0 Å². The predicted octanol–water partition coefficient (Wildman–Crippen LogP) is 4.93. The van der Waals surface area contributed by atoms with E-state index < -0.39 is 8.07 Å². The van der Waals surface area contributed by atoms with Crippen LogP contribution in [0.1, 0.15) is 18.1 Å². The zero-order chi connectivity index (χ0) is 16.1. The molecule has 0 amide bonds. The molecular formula is C19H26N2Si. The molecule has 0 heterocycles. The zero-order valence-electron chi connectivity index (χ0n) is 14.5. The Kier molecular flexibility index (Phi) is 3.37. The average Bonchev–Trinajstić information content (AvgIpc) is 2.76. The van der Waals surface area contributed by atoms with E-state index in [9.17, 15) is 0 Å². The van der Waals surface area contributed by atoms with Crippen LogP contribution in [-0.2, 0) is 5.04 Å². The summed E-state index contributed by atoms with van der Waals surface area (Å²) in [6.45, 7) is 9.88. The van der Waals surface area contributed by atoms with Crippen molar-refractivity contribution < 1.29 is 0 Å². The van der Waals surface area contributed by atoms with Crippen LogP contribution < -0.4 is 10.6 Å². The lowest BCUT2D eigenvalue weighted by atomic mass is 9.97. The van der Waals surface area contributed by atoms with Crippen molar-refractivity contribution in [2.75, 3.05) is 24.7 Å². The van der Waals surface area contributed by atoms with Gasteiger partial charge < -0.3 is 10.6 Å². The van der Waals surface area contributed by atoms with Gasteiger partial charge in [-0.1, -0.05) is 38.7 Å². The van der Waals surface area contributed by atoms with Gasteiger partial charge >= 0.3 is 0 Å². The lowest BCUT2D eigenvalue weighted by Gasteiger charge is -2.39. The minimum absolute atomic E-state index is 0.136. The topological polar surface area (TPSA) is 24.1 Å². The number of nitrogens with one attached hydrogen (secondary N) is 2. The van der Waals surface area contributed by atoms with Crippen LogP contribution in [0.3, 0.4) is 0 Å². The molecule has 0 unspecified atom stereocenters. The molecule has 2 nitrogen and oxygen atoms in total. The van der Waals surface area contributed by atoms with Crippen molar-refractivity contribution in [1.82, 2.24) is 0 Å². The summed E-state index contributed by atoms with van der Waals surface area (Å²) in [5, 5.41) is 6.73. The highest BCUT2D eigenvalue weighted by Gasteiger charge is 2.48. The van der Waals surface area contributed by atoms with Gasteiger partial charge in [0, 0.05) is 30.5 Å². The molecule has 2 N–H and O–H groups in total. The summed E-state index contributed by atoms with van der Waals surface area (Å²) in [6.07, 6.45) is 0. The fourth-order valence-electron chi connectivity index (χ4n) is 3.65. The van der Waals surface area contributed by atoms with Crippen LogP contribution in [0.2, 0.25) is 19.6 Å². The molecule has 0 saturated heterocycles. The lowest BCUT2D eigenvalue weighted by Crippen LogP contribution is -2.46. The van der Waals surface area contributed by atoms with Crippen molar-refractivity contribution in [3.05, 3.63) is 47.5 Å². The van der Waals surface area contributed by atoms with E-state index in [2.05, 4.69) is 73.6 Å². The Morgan fingerprint density at radius 1 is 0.773 bits per heavy atom. The van der Waals surface area contributed by atoms with E-state index in [4.69, 9.17) is 0 Å². The first-order chi connectivity index (χ1) is 10.3. The molecule has 1 aliphatic carbocycles. The third kappa shape index (κ3) is 1.92. The van der Waals surface area contributed by atoms with E-state index in [-0.39, 0.29) is 5.04 Å². The Bertz CT molecular complexity index is 675. The van der Waals surface area contributed by atoms with Crippen molar-refractivity contribution in [2.24, 2.45) is 0 Å². The third-order valence-electron chi connectivity index (χ3n) is 5.48. The van der Waals surface area contributed by atoms with Crippen LogP contribution in [0.25, 0.3) is 11.1 Å². The molecular weight excluding hydrogens is 284 g/mol. The largest absolute Gasteiger partial charge is 0.388 e. The summed E-state index contributed by atoms with van der Waals surface area (Å²) < 4.78 is 0. The van der Waals surface area contributed by atoms with Crippen LogP contribution in [0, 0.1) is 0 Å². The second kappa shape index (κ2) is 4.88. The maximum atomic E-state index is 3.30. The van der Waals surface area contributed by atoms with E-state index in [0.717, 1.165) is 0 Å². The molecule has 0 saturated carbocycles. The SMILES string of the molecule is CNc1ccc2c(c1)C(C)([Si](C)(C)C)c1cc(NC)ccc1-2. The Morgan fingerprint density at radius 2 is 1.18 bits per heavy atom. The minimum atomic E-state index is -1.48. The first-order valence-corrected chi connectivity index (χ1v) is 11.5. The maximum absolute atomic E-state index is 3.30. The Labute approximate surface area is 135 Å². The second-order valence-corrected chi connectivity index (χ2v) is 12.9. The van der Waals surface area contributed by atoms with Crippen molar-refractivity contribution in [3.8, 4) is 11.1 Å². The van der Waals surface area contributed by atoms with Gasteiger partial charge in [0.1, 0.15) is 0 Å². The Morgan fingerprint density at radius 3 is 1.50 bits per heavy atom. The molecule has 0 aromatic heterocycles. The average molecular weight is 311 g/mol. The quantitative estimate of drug-likeness (QED) is 0.785. The van der Waals surface area contributed by atoms with Crippen molar-refractivity contribution in [3.63, 3.8) is 0 Å². The number of hydrogen-bond acceptors (Lipinski definition) is 2. The molecule has 2 aromatic rings. The van der Waals surface area contributed by atoms with Crippen molar-refractivity contribution in [2.45, 2.75) is 31.6 Å². The normalized spacial score (nSPS) is 15.2. The Balaban J connectivity index is 2.35. The summed E-state index contributed by atoms with van der Waals surface area (Å²) >= 11 is 0. The molecule has 0 radical (unpaired) electrons. The van der Waals surface area contributed by atoms with E-state index in [1.165, 1.54) is 33.6 Å². The van der Waals surface area contributed by atoms with Crippen LogP contribution in [0.5, 0.6) is 0 Å². The van der Waals surface area contributed by atoms with Gasteiger partial charge in [-0.3, -0.25) is 0 Å². The smallest absolute Gasteiger partial charge is 0.0609 e. The predicted molar refractivity (Wildman–Crippen MR) is 101 cm³/mol. The summed E-state index contributed by atoms with van der Waals surface area (Å²) in [7, 11) is 2.51. The minimum Gasteiger partial charge on any atom is -0.388 e. The third-order valence-corrected chi connectivity index (χ3v) is 9.02. The maximum Gasteiger partial charge on any atom is 0.0609 e. The highest BCUT2D eigenvalue weighted by Crippen LogP contribution is 2.54. The van der Waals surface area contributed by atoms with Gasteiger partial charge in [0.05, 0.1) is 8.07 Å². The monoisotopic (exact) mass is 310 g/mol. The fraction of sp³-hybridized carbons (Fsp3) is 0.368. The Hall–Kier alpha value is -1.74. The molecule has 0 spiro atoms. The van der Waals surface area contributed by atoms with Crippen LogP contribution in [0.4, 0.5) is 11.4 Å². The number of anilines is 2. The van der Waals surface area contributed by atoms with Gasteiger partial charge in [0.25, 0.3) is 0 Å². The first kappa shape index (κ1) is 15.2. The summed E-state index contributed by atoms with van der Waals surface area (Å²) in [5.74, 6) is 0. The molecule has 22 heavy (non-hydrogen) atoms. The summed E-state index contributed by atoms with van der Waals surface area (Å²) in [6, 6.07) is 13.6. The van der Waals surface area contributed by atoms with Gasteiger partial charge in [-0.25, -0.2) is 0 Å². The number of rotatable bonds is 3. The fourth-order valence-corrected chi connectivity index (χ4v) is 5.68. The number of hydrogen-bond donors (Lipinski definition) is 2. The zero-order valence-corrected chi connectivity index (χ0v) is 15.5. The van der Waals surface area contributed by atoms with Crippen molar-refractivity contribution in [1.29, 1.82) is 0 Å². The molecule has 0 bridgehead atoms. The van der Waals surface area contributed by atoms with E-state index in [1.807, 2.05) is 14.1 Å². The number of benzene rings is 2. The molecule has 2 aromatic carbocycles. The van der Waals surface area contributed by atoms with Crippen LogP contribution >= 0.6 is 0 Å². The first-order valence-electron chi connectivity index (χ1n) is 7.98. The van der Waals surface area contributed by atoms with Gasteiger partial charge in [0.2, 0.25) is 0 Å².